The number of hydrogen-bond acceptors (Lipinski definition) is 6. The van der Waals surface area contributed by atoms with Crippen LogP contribution in [0.15, 0.2) is 42.5 Å². The van der Waals surface area contributed by atoms with E-state index in [0.717, 1.165) is 11.1 Å². The predicted octanol–water partition coefficient (Wildman–Crippen LogP) is 4.01. The Morgan fingerprint density at radius 3 is 2.32 bits per heavy atom. The van der Waals surface area contributed by atoms with Gasteiger partial charge in [-0.2, -0.15) is 0 Å². The fourth-order valence-electron chi connectivity index (χ4n) is 3.39. The number of aryl methyl sites for hydroxylation is 1. The van der Waals surface area contributed by atoms with Gasteiger partial charge in [0.2, 0.25) is 11.7 Å². The maximum Gasteiger partial charge on any atom is 0.311 e. The molecule has 9 nitrogen and oxygen atoms in total. The summed E-state index contributed by atoms with van der Waals surface area (Å²) in [5.74, 6) is -0.345. The van der Waals surface area contributed by atoms with Crippen LogP contribution in [0.3, 0.4) is 0 Å². The topological polar surface area (TPSA) is 111 Å². The molecule has 0 saturated carbocycles. The van der Waals surface area contributed by atoms with Gasteiger partial charge in [-0.3, -0.25) is 19.7 Å². The van der Waals surface area contributed by atoms with Crippen molar-refractivity contribution in [2.45, 2.75) is 59.2 Å². The third kappa shape index (κ3) is 7.47. The second-order valence-electron chi connectivity index (χ2n) is 9.05. The lowest BCUT2D eigenvalue weighted by Crippen LogP contribution is -2.54. The highest BCUT2D eigenvalue weighted by Crippen LogP contribution is 2.30. The van der Waals surface area contributed by atoms with Crippen LogP contribution in [0.25, 0.3) is 0 Å². The summed E-state index contributed by atoms with van der Waals surface area (Å²) in [6.07, 6.45) is 0.421. The molecule has 0 saturated heterocycles. The zero-order valence-corrected chi connectivity index (χ0v) is 20.6. The molecule has 0 radical (unpaired) electrons. The van der Waals surface area contributed by atoms with E-state index in [4.69, 9.17) is 9.47 Å². The highest BCUT2D eigenvalue weighted by molar-refractivity contribution is 5.88. The van der Waals surface area contributed by atoms with Crippen molar-refractivity contribution >= 4 is 17.5 Å². The van der Waals surface area contributed by atoms with Crippen LogP contribution in [-0.4, -0.2) is 46.9 Å². The van der Waals surface area contributed by atoms with Crippen molar-refractivity contribution in [3.8, 4) is 11.5 Å². The van der Waals surface area contributed by atoms with E-state index in [1.807, 2.05) is 58.9 Å². The van der Waals surface area contributed by atoms with Crippen LogP contribution >= 0.6 is 0 Å². The molecule has 0 aliphatic rings. The van der Waals surface area contributed by atoms with Crippen LogP contribution in [0.2, 0.25) is 0 Å². The van der Waals surface area contributed by atoms with Gasteiger partial charge < -0.3 is 19.7 Å². The van der Waals surface area contributed by atoms with Crippen molar-refractivity contribution < 1.29 is 24.0 Å². The molecule has 1 atom stereocenters. The molecule has 0 unspecified atom stereocenters. The maximum absolute atomic E-state index is 13.3. The molecule has 34 heavy (non-hydrogen) atoms. The summed E-state index contributed by atoms with van der Waals surface area (Å²) in [4.78, 5) is 38.3. The first kappa shape index (κ1) is 26.6. The third-order valence-corrected chi connectivity index (χ3v) is 5.07. The number of nitro groups is 1. The number of nitro benzene ring substituents is 1. The Morgan fingerprint density at radius 1 is 1.15 bits per heavy atom. The second-order valence-corrected chi connectivity index (χ2v) is 9.05. The number of hydrogen-bond donors (Lipinski definition) is 1. The van der Waals surface area contributed by atoms with Gasteiger partial charge in [-0.1, -0.05) is 36.8 Å². The van der Waals surface area contributed by atoms with Crippen LogP contribution in [-0.2, 0) is 16.1 Å². The van der Waals surface area contributed by atoms with Crippen molar-refractivity contribution in [3.63, 3.8) is 0 Å². The normalized spacial score (nSPS) is 11.9. The molecule has 2 rings (SSSR count). The van der Waals surface area contributed by atoms with Crippen molar-refractivity contribution in [1.82, 2.24) is 10.2 Å². The molecule has 1 N–H and O–H groups in total. The molecule has 0 aliphatic heterocycles. The van der Waals surface area contributed by atoms with Gasteiger partial charge in [0.05, 0.1) is 12.0 Å². The standard InChI is InChI=1S/C25H33N3O6/c1-7-20(24(30)26-25(3,4)5)27(15-18-10-8-17(2)9-11-18)23(29)16-34-19-12-13-21(28(31)32)22(14-19)33-6/h8-14,20H,7,15-16H2,1-6H3,(H,26,30)/t20-/m0/s1. The van der Waals surface area contributed by atoms with Crippen LogP contribution in [0.1, 0.15) is 45.2 Å². The monoisotopic (exact) mass is 471 g/mol. The fraction of sp³-hybridized carbons (Fsp3) is 0.440. The van der Waals surface area contributed by atoms with Crippen LogP contribution in [0.4, 0.5) is 5.69 Å². The lowest BCUT2D eigenvalue weighted by molar-refractivity contribution is -0.385. The van der Waals surface area contributed by atoms with E-state index in [1.165, 1.54) is 30.2 Å². The fourth-order valence-corrected chi connectivity index (χ4v) is 3.39. The summed E-state index contributed by atoms with van der Waals surface area (Å²) in [5, 5.41) is 14.1. The second kappa shape index (κ2) is 11.5. The minimum atomic E-state index is -0.692. The van der Waals surface area contributed by atoms with Crippen molar-refractivity contribution in [2.24, 2.45) is 0 Å². The molecule has 0 heterocycles. The zero-order valence-electron chi connectivity index (χ0n) is 20.6. The van der Waals surface area contributed by atoms with Gasteiger partial charge in [-0.05, 0) is 45.7 Å². The number of benzene rings is 2. The Morgan fingerprint density at radius 2 is 1.79 bits per heavy atom. The van der Waals surface area contributed by atoms with Crippen LogP contribution in [0, 0.1) is 17.0 Å². The molecule has 0 fully saturated rings. The SMILES string of the molecule is CC[C@@H](C(=O)NC(C)(C)C)N(Cc1ccc(C)cc1)C(=O)COc1ccc([N+](=O)[O-])c(OC)c1. The summed E-state index contributed by atoms with van der Waals surface area (Å²) in [6, 6.07) is 11.1. The average Bonchev–Trinajstić information content (AvgIpc) is 2.77. The number of rotatable bonds is 10. The van der Waals surface area contributed by atoms with Crippen LogP contribution in [0.5, 0.6) is 11.5 Å². The number of ether oxygens (including phenoxy) is 2. The first-order valence-corrected chi connectivity index (χ1v) is 11.1. The molecule has 184 valence electrons. The Labute approximate surface area is 200 Å². The van der Waals surface area contributed by atoms with E-state index in [2.05, 4.69) is 5.32 Å². The van der Waals surface area contributed by atoms with E-state index < -0.39 is 16.5 Å². The Bertz CT molecular complexity index is 1010. The summed E-state index contributed by atoms with van der Waals surface area (Å²) >= 11 is 0. The minimum absolute atomic E-state index is 0.0300. The number of methoxy groups -OCH3 is 1. The number of carbonyl (C=O) groups excluding carboxylic acids is 2. The number of nitrogens with one attached hydrogen (secondary N) is 1. The summed E-state index contributed by atoms with van der Waals surface area (Å²) in [6.45, 7) is 9.38. The number of nitrogens with zero attached hydrogens (tertiary/aromatic N) is 2. The molecule has 0 aromatic heterocycles. The van der Waals surface area contributed by atoms with Gasteiger partial charge in [0.15, 0.2) is 6.61 Å². The smallest absolute Gasteiger partial charge is 0.311 e. The summed E-state index contributed by atoms with van der Waals surface area (Å²) < 4.78 is 10.7. The van der Waals surface area contributed by atoms with E-state index in [0.29, 0.717) is 6.42 Å². The largest absolute Gasteiger partial charge is 0.490 e. The van der Waals surface area contributed by atoms with Crippen molar-refractivity contribution in [3.05, 3.63) is 63.7 Å². The Hall–Kier alpha value is -3.62. The lowest BCUT2D eigenvalue weighted by Gasteiger charge is -2.33. The van der Waals surface area contributed by atoms with E-state index in [9.17, 15) is 19.7 Å². The Kier molecular flexibility index (Phi) is 9.00. The summed E-state index contributed by atoms with van der Waals surface area (Å²) in [7, 11) is 1.32. The lowest BCUT2D eigenvalue weighted by atomic mass is 10.1. The van der Waals surface area contributed by atoms with Crippen molar-refractivity contribution in [1.29, 1.82) is 0 Å². The highest BCUT2D eigenvalue weighted by atomic mass is 16.6. The van der Waals surface area contributed by atoms with Gasteiger partial charge in [0.1, 0.15) is 11.8 Å². The van der Waals surface area contributed by atoms with E-state index in [-0.39, 0.29) is 42.2 Å². The van der Waals surface area contributed by atoms with Crippen LogP contribution < -0.4 is 14.8 Å². The predicted molar refractivity (Wildman–Crippen MR) is 129 cm³/mol. The molecule has 2 aromatic carbocycles. The average molecular weight is 472 g/mol. The van der Waals surface area contributed by atoms with E-state index >= 15 is 0 Å². The van der Waals surface area contributed by atoms with Gasteiger partial charge >= 0.3 is 5.69 Å². The van der Waals surface area contributed by atoms with Gasteiger partial charge in [-0.25, -0.2) is 0 Å². The van der Waals surface area contributed by atoms with Gasteiger partial charge in [0, 0.05) is 24.2 Å². The first-order chi connectivity index (χ1) is 15.9. The molecule has 0 bridgehead atoms. The highest BCUT2D eigenvalue weighted by Gasteiger charge is 2.31. The molecule has 2 aromatic rings. The molecule has 0 aliphatic carbocycles. The molecule has 9 heteroatoms. The minimum Gasteiger partial charge on any atom is -0.490 e. The molecular weight excluding hydrogens is 438 g/mol. The molecule has 0 spiro atoms. The zero-order chi connectivity index (χ0) is 25.5. The first-order valence-electron chi connectivity index (χ1n) is 11.1. The van der Waals surface area contributed by atoms with Crippen molar-refractivity contribution in [2.75, 3.05) is 13.7 Å². The van der Waals surface area contributed by atoms with E-state index in [1.54, 1.807) is 0 Å². The van der Waals surface area contributed by atoms with Gasteiger partial charge in [0.25, 0.3) is 5.91 Å². The number of carbonyl (C=O) groups is 2. The van der Waals surface area contributed by atoms with Gasteiger partial charge in [-0.15, -0.1) is 0 Å². The quantitative estimate of drug-likeness (QED) is 0.414. The third-order valence-electron chi connectivity index (χ3n) is 5.07. The molecule has 2 amide bonds. The molecular formula is C25H33N3O6. The number of amides is 2. The maximum atomic E-state index is 13.3. The summed E-state index contributed by atoms with van der Waals surface area (Å²) in [5.41, 5.74) is 1.33. The Balaban J connectivity index is 2.26.